The molecule has 6 nitrogen and oxygen atoms in total. The minimum atomic E-state index is -0.494. The number of anilines is 1. The molecule has 20 heavy (non-hydrogen) atoms. The Hall–Kier alpha value is -1.82. The van der Waals surface area contributed by atoms with Crippen LogP contribution in [0, 0.1) is 0 Å². The molecule has 1 aromatic heterocycles. The van der Waals surface area contributed by atoms with Gasteiger partial charge >= 0.3 is 6.09 Å². The van der Waals surface area contributed by atoms with Crippen molar-refractivity contribution in [3.05, 3.63) is 23.9 Å². The minimum Gasteiger partial charge on any atom is -0.444 e. The molecule has 1 aromatic rings. The maximum Gasteiger partial charge on any atom is 0.410 e. The van der Waals surface area contributed by atoms with Crippen molar-refractivity contribution in [3.8, 4) is 0 Å². The van der Waals surface area contributed by atoms with Gasteiger partial charge in [0.1, 0.15) is 11.4 Å². The molecule has 2 heterocycles. The first-order chi connectivity index (χ1) is 9.37. The van der Waals surface area contributed by atoms with E-state index in [0.717, 1.165) is 12.1 Å². The molecule has 3 N–H and O–H groups in total. The molecule has 1 unspecified atom stereocenters. The normalized spacial score (nSPS) is 19.8. The van der Waals surface area contributed by atoms with Crippen LogP contribution in [-0.4, -0.2) is 41.2 Å². The number of ether oxygens (including phenoxy) is 1. The predicted octanol–water partition coefficient (Wildman–Crippen LogP) is 1.55. The second-order valence-corrected chi connectivity index (χ2v) is 5.91. The largest absolute Gasteiger partial charge is 0.444 e. The van der Waals surface area contributed by atoms with Crippen LogP contribution in [0.1, 0.15) is 32.4 Å². The number of carbonyl (C=O) groups is 1. The van der Waals surface area contributed by atoms with Crippen LogP contribution in [0.3, 0.4) is 0 Å². The quantitative estimate of drug-likeness (QED) is 0.814. The Balaban J connectivity index is 2.16. The Morgan fingerprint density at radius 2 is 2.25 bits per heavy atom. The van der Waals surface area contributed by atoms with Gasteiger partial charge in [-0.15, -0.1) is 0 Å². The third-order valence-electron chi connectivity index (χ3n) is 3.07. The van der Waals surface area contributed by atoms with Crippen molar-refractivity contribution in [2.75, 3.05) is 25.4 Å². The molecule has 1 saturated heterocycles. The van der Waals surface area contributed by atoms with Crippen molar-refractivity contribution in [3.63, 3.8) is 0 Å². The number of nitrogen functional groups attached to an aromatic ring is 1. The number of aromatic nitrogens is 1. The van der Waals surface area contributed by atoms with Crippen LogP contribution in [0.15, 0.2) is 18.3 Å². The highest BCUT2D eigenvalue weighted by molar-refractivity contribution is 5.69. The van der Waals surface area contributed by atoms with Crippen LogP contribution < -0.4 is 11.1 Å². The van der Waals surface area contributed by atoms with Crippen LogP contribution in [0.4, 0.5) is 10.6 Å². The monoisotopic (exact) mass is 278 g/mol. The molecule has 0 aromatic carbocycles. The second-order valence-electron chi connectivity index (χ2n) is 5.91. The Kier molecular flexibility index (Phi) is 4.13. The minimum absolute atomic E-state index is 0.0771. The van der Waals surface area contributed by atoms with Gasteiger partial charge < -0.3 is 15.8 Å². The summed E-state index contributed by atoms with van der Waals surface area (Å²) in [6.45, 7) is 7.67. The molecule has 0 aliphatic carbocycles. The van der Waals surface area contributed by atoms with Gasteiger partial charge in [-0.05, 0) is 32.4 Å². The van der Waals surface area contributed by atoms with E-state index in [9.17, 15) is 4.79 Å². The first kappa shape index (κ1) is 14.6. The number of piperazine rings is 1. The van der Waals surface area contributed by atoms with Gasteiger partial charge in [0.05, 0.1) is 6.04 Å². The summed E-state index contributed by atoms with van der Waals surface area (Å²) in [4.78, 5) is 18.1. The molecule has 1 aliphatic heterocycles. The van der Waals surface area contributed by atoms with Gasteiger partial charge in [0.2, 0.25) is 0 Å². The molecule has 0 radical (unpaired) electrons. The summed E-state index contributed by atoms with van der Waals surface area (Å²) in [6.07, 6.45) is 1.42. The fourth-order valence-corrected chi connectivity index (χ4v) is 2.16. The maximum atomic E-state index is 12.3. The molecular weight excluding hydrogens is 256 g/mol. The smallest absolute Gasteiger partial charge is 0.410 e. The van der Waals surface area contributed by atoms with Crippen LogP contribution >= 0.6 is 0 Å². The highest BCUT2D eigenvalue weighted by atomic mass is 16.6. The van der Waals surface area contributed by atoms with E-state index in [-0.39, 0.29) is 12.1 Å². The summed E-state index contributed by atoms with van der Waals surface area (Å²) in [5, 5.41) is 3.29. The lowest BCUT2D eigenvalue weighted by Crippen LogP contribution is -2.50. The predicted molar refractivity (Wildman–Crippen MR) is 77.2 cm³/mol. The maximum absolute atomic E-state index is 12.3. The van der Waals surface area contributed by atoms with Crippen LogP contribution in [0.5, 0.6) is 0 Å². The average molecular weight is 278 g/mol. The number of hydrogen-bond acceptors (Lipinski definition) is 5. The number of pyridine rings is 1. The van der Waals surface area contributed by atoms with E-state index >= 15 is 0 Å². The van der Waals surface area contributed by atoms with Crippen LogP contribution in [0.25, 0.3) is 0 Å². The average Bonchev–Trinajstić information content (AvgIpc) is 2.38. The number of rotatable bonds is 1. The topological polar surface area (TPSA) is 80.5 Å². The summed E-state index contributed by atoms with van der Waals surface area (Å²) < 4.78 is 5.47. The number of nitrogens with one attached hydrogen (secondary N) is 1. The van der Waals surface area contributed by atoms with Crippen molar-refractivity contribution in [2.24, 2.45) is 0 Å². The van der Waals surface area contributed by atoms with E-state index < -0.39 is 5.60 Å². The zero-order valence-corrected chi connectivity index (χ0v) is 12.2. The Morgan fingerprint density at radius 1 is 1.50 bits per heavy atom. The molecule has 0 spiro atoms. The zero-order valence-electron chi connectivity index (χ0n) is 12.2. The van der Waals surface area contributed by atoms with Crippen LogP contribution in [0.2, 0.25) is 0 Å². The molecule has 1 aliphatic rings. The number of amides is 1. The highest BCUT2D eigenvalue weighted by Gasteiger charge is 2.31. The summed E-state index contributed by atoms with van der Waals surface area (Å²) >= 11 is 0. The molecule has 1 atom stereocenters. The summed E-state index contributed by atoms with van der Waals surface area (Å²) in [6, 6.07) is 3.57. The number of hydrogen-bond donors (Lipinski definition) is 2. The van der Waals surface area contributed by atoms with E-state index in [1.165, 1.54) is 0 Å². The fraction of sp³-hybridized carbons (Fsp3) is 0.571. The van der Waals surface area contributed by atoms with Gasteiger partial charge in [0, 0.05) is 25.8 Å². The molecule has 110 valence electrons. The van der Waals surface area contributed by atoms with Gasteiger partial charge in [0.25, 0.3) is 0 Å². The summed E-state index contributed by atoms with van der Waals surface area (Å²) in [5.41, 5.74) is 6.06. The summed E-state index contributed by atoms with van der Waals surface area (Å²) in [7, 11) is 0. The van der Waals surface area contributed by atoms with E-state index in [4.69, 9.17) is 10.5 Å². The zero-order chi connectivity index (χ0) is 14.8. The standard InChI is InChI=1S/C14H22N4O2/c1-14(2,3)20-13(19)18-7-6-16-9-11(18)10-4-5-12(15)17-8-10/h4-5,8,11,16H,6-7,9H2,1-3H3,(H2,15,17). The van der Waals surface area contributed by atoms with Gasteiger partial charge in [0.15, 0.2) is 0 Å². The Labute approximate surface area is 119 Å². The molecule has 2 rings (SSSR count). The highest BCUT2D eigenvalue weighted by Crippen LogP contribution is 2.24. The van der Waals surface area contributed by atoms with Crippen molar-refractivity contribution < 1.29 is 9.53 Å². The van der Waals surface area contributed by atoms with Crippen molar-refractivity contribution in [2.45, 2.75) is 32.4 Å². The molecule has 1 fully saturated rings. The first-order valence-corrected chi connectivity index (χ1v) is 6.78. The lowest BCUT2D eigenvalue weighted by Gasteiger charge is -2.37. The molecule has 6 heteroatoms. The van der Waals surface area contributed by atoms with Crippen molar-refractivity contribution >= 4 is 11.9 Å². The lowest BCUT2D eigenvalue weighted by atomic mass is 10.1. The lowest BCUT2D eigenvalue weighted by molar-refractivity contribution is 0.0117. The van der Waals surface area contributed by atoms with Crippen molar-refractivity contribution in [1.82, 2.24) is 15.2 Å². The van der Waals surface area contributed by atoms with Gasteiger partial charge in [-0.2, -0.15) is 0 Å². The molecule has 0 bridgehead atoms. The molecule has 0 saturated carbocycles. The van der Waals surface area contributed by atoms with Crippen LogP contribution in [-0.2, 0) is 4.74 Å². The Morgan fingerprint density at radius 3 is 2.85 bits per heavy atom. The van der Waals surface area contributed by atoms with Gasteiger partial charge in [-0.1, -0.05) is 6.07 Å². The van der Waals surface area contributed by atoms with E-state index in [0.29, 0.717) is 18.9 Å². The third kappa shape index (κ3) is 3.60. The Bertz CT molecular complexity index is 467. The third-order valence-corrected chi connectivity index (χ3v) is 3.07. The number of nitrogens with two attached hydrogens (primary N) is 1. The number of carbonyl (C=O) groups excluding carboxylic acids is 1. The van der Waals surface area contributed by atoms with Gasteiger partial charge in [-0.25, -0.2) is 9.78 Å². The second kappa shape index (κ2) is 5.66. The molecular formula is C14H22N4O2. The van der Waals surface area contributed by atoms with Gasteiger partial charge in [-0.3, -0.25) is 4.90 Å². The fourth-order valence-electron chi connectivity index (χ4n) is 2.16. The summed E-state index contributed by atoms with van der Waals surface area (Å²) in [5.74, 6) is 0.473. The molecule has 1 amide bonds. The van der Waals surface area contributed by atoms with Crippen molar-refractivity contribution in [1.29, 1.82) is 0 Å². The van der Waals surface area contributed by atoms with E-state index in [1.54, 1.807) is 17.2 Å². The number of nitrogens with zero attached hydrogens (tertiary/aromatic N) is 2. The SMILES string of the molecule is CC(C)(C)OC(=O)N1CCNCC1c1ccc(N)nc1. The van der Waals surface area contributed by atoms with E-state index in [2.05, 4.69) is 10.3 Å². The van der Waals surface area contributed by atoms with E-state index in [1.807, 2.05) is 26.8 Å². The first-order valence-electron chi connectivity index (χ1n) is 6.78.